The minimum atomic E-state index is -4.52. The lowest BCUT2D eigenvalue weighted by atomic mass is 10.1. The third kappa shape index (κ3) is 6.12. The van der Waals surface area contributed by atoms with E-state index >= 15 is 0 Å². The van der Waals surface area contributed by atoms with E-state index in [1.807, 2.05) is 17.9 Å². The molecule has 14 nitrogen and oxygen atoms in total. The van der Waals surface area contributed by atoms with E-state index < -0.39 is 34.7 Å². The van der Waals surface area contributed by atoms with E-state index in [1.165, 1.54) is 30.9 Å². The summed E-state index contributed by atoms with van der Waals surface area (Å²) in [4.78, 5) is 61.1. The van der Waals surface area contributed by atoms with Gasteiger partial charge in [-0.2, -0.15) is 22.7 Å². The van der Waals surface area contributed by atoms with Crippen molar-refractivity contribution >= 4 is 34.5 Å². The third-order valence-electron chi connectivity index (χ3n) is 8.59. The average Bonchev–Trinajstić information content (AvgIpc) is 3.66. The van der Waals surface area contributed by atoms with Crippen LogP contribution in [0.2, 0.25) is 0 Å². The topological polar surface area (TPSA) is 152 Å². The number of ether oxygens (including phenoxy) is 1. The summed E-state index contributed by atoms with van der Waals surface area (Å²) in [7, 11) is 1.52. The van der Waals surface area contributed by atoms with Crippen LogP contribution in [0.3, 0.4) is 0 Å². The molecule has 0 bridgehead atoms. The van der Waals surface area contributed by atoms with Crippen molar-refractivity contribution in [3.05, 3.63) is 79.4 Å². The largest absolute Gasteiger partial charge is 0.416 e. The van der Waals surface area contributed by atoms with Crippen LogP contribution in [0.15, 0.2) is 40.1 Å². The van der Waals surface area contributed by atoms with E-state index in [-0.39, 0.29) is 55.3 Å². The maximum Gasteiger partial charge on any atom is 0.416 e. The Morgan fingerprint density at radius 1 is 1.10 bits per heavy atom. The summed E-state index contributed by atoms with van der Waals surface area (Å²) in [6, 6.07) is 3.08. The Morgan fingerprint density at radius 2 is 1.85 bits per heavy atom. The second-order valence-electron chi connectivity index (χ2n) is 11.6. The van der Waals surface area contributed by atoms with Gasteiger partial charge in [0.15, 0.2) is 5.82 Å². The molecule has 6 rings (SSSR count). The zero-order chi connectivity index (χ0) is 34.3. The molecular formula is C31H34F3N9O5. The molecule has 1 saturated heterocycles. The van der Waals surface area contributed by atoms with Crippen molar-refractivity contribution in [2.24, 2.45) is 7.05 Å². The number of anilines is 2. The average molecular weight is 670 g/mol. The smallest absolute Gasteiger partial charge is 0.377 e. The predicted molar refractivity (Wildman–Crippen MR) is 169 cm³/mol. The Kier molecular flexibility index (Phi) is 8.72. The maximum absolute atomic E-state index is 14.1. The van der Waals surface area contributed by atoms with E-state index in [2.05, 4.69) is 20.5 Å². The fourth-order valence-electron chi connectivity index (χ4n) is 6.03. The summed E-state index contributed by atoms with van der Waals surface area (Å²) in [5, 5.41) is 9.94. The van der Waals surface area contributed by atoms with Gasteiger partial charge in [0.1, 0.15) is 17.8 Å². The lowest BCUT2D eigenvalue weighted by Crippen LogP contribution is -2.51. The molecule has 5 heterocycles. The number of H-pyrrole nitrogens is 1. The summed E-state index contributed by atoms with van der Waals surface area (Å²) in [5.41, 5.74) is 0.374. The number of fused-ring (bicyclic) bond motifs is 1. The molecule has 1 aromatic carbocycles. The molecule has 2 aliphatic rings. The van der Waals surface area contributed by atoms with Crippen molar-refractivity contribution in [3.8, 4) is 0 Å². The first kappa shape index (κ1) is 32.7. The normalized spacial score (nSPS) is 15.6. The van der Waals surface area contributed by atoms with Gasteiger partial charge in [0, 0.05) is 45.1 Å². The van der Waals surface area contributed by atoms with Crippen LogP contribution in [0, 0.1) is 6.92 Å². The summed E-state index contributed by atoms with van der Waals surface area (Å²) >= 11 is 0. The van der Waals surface area contributed by atoms with Gasteiger partial charge in [0.25, 0.3) is 17.0 Å². The zero-order valence-corrected chi connectivity index (χ0v) is 26.6. The molecule has 0 unspecified atom stereocenters. The van der Waals surface area contributed by atoms with Gasteiger partial charge < -0.3 is 29.5 Å². The number of rotatable bonds is 7. The van der Waals surface area contributed by atoms with Crippen LogP contribution in [0.1, 0.15) is 46.3 Å². The van der Waals surface area contributed by atoms with Crippen LogP contribution < -0.4 is 21.3 Å². The lowest BCUT2D eigenvalue weighted by Gasteiger charge is -2.36. The first-order valence-corrected chi connectivity index (χ1v) is 15.4. The number of piperazine rings is 1. The van der Waals surface area contributed by atoms with Gasteiger partial charge in [0.05, 0.1) is 24.5 Å². The van der Waals surface area contributed by atoms with E-state index in [0.717, 1.165) is 22.2 Å². The van der Waals surface area contributed by atoms with Crippen molar-refractivity contribution in [2.45, 2.75) is 39.4 Å². The van der Waals surface area contributed by atoms with Crippen molar-refractivity contribution < 1.29 is 27.5 Å². The van der Waals surface area contributed by atoms with Crippen molar-refractivity contribution in [1.82, 2.24) is 33.8 Å². The number of nitrogens with zero attached hydrogens (tertiary/aromatic N) is 7. The Bertz CT molecular complexity index is 2050. The number of nitrogens with one attached hydrogen (secondary N) is 2. The monoisotopic (exact) mass is 669 g/mol. The van der Waals surface area contributed by atoms with Crippen LogP contribution >= 0.6 is 0 Å². The maximum atomic E-state index is 14.1. The van der Waals surface area contributed by atoms with Gasteiger partial charge in [-0.1, -0.05) is 13.0 Å². The SMILES string of the molecule is CCc1c(N2CCN(C(=O)c3c[nH]n(C)c3=O)CC2)c(=O)n2nc(C3=CCOCC3)nc2n1CC(=O)Nc1ccc(C(F)(F)F)cc1C. The highest BCUT2D eigenvalue weighted by atomic mass is 19.4. The molecule has 0 radical (unpaired) electrons. The second kappa shape index (κ2) is 12.8. The Labute approximate surface area is 271 Å². The quantitative estimate of drug-likeness (QED) is 0.304. The molecule has 4 aromatic rings. The van der Waals surface area contributed by atoms with Gasteiger partial charge in [0.2, 0.25) is 11.7 Å². The number of hydrogen-bond acceptors (Lipinski definition) is 8. The van der Waals surface area contributed by atoms with Gasteiger partial charge in [-0.15, -0.1) is 5.10 Å². The zero-order valence-electron chi connectivity index (χ0n) is 26.6. The highest BCUT2D eigenvalue weighted by molar-refractivity contribution is 5.94. The van der Waals surface area contributed by atoms with Gasteiger partial charge in [-0.3, -0.25) is 23.9 Å². The number of carbonyl (C=O) groups is 2. The summed E-state index contributed by atoms with van der Waals surface area (Å²) in [6.45, 7) is 4.84. The molecule has 2 amide bonds. The van der Waals surface area contributed by atoms with Gasteiger partial charge in [-0.05, 0) is 49.1 Å². The molecule has 2 aliphatic heterocycles. The van der Waals surface area contributed by atoms with Crippen molar-refractivity contribution in [2.75, 3.05) is 49.6 Å². The summed E-state index contributed by atoms with van der Waals surface area (Å²) in [5.74, 6) is -0.492. The van der Waals surface area contributed by atoms with E-state index in [4.69, 9.17) is 4.74 Å². The Balaban J connectivity index is 1.35. The lowest BCUT2D eigenvalue weighted by molar-refractivity contribution is -0.137. The number of halogens is 3. The highest BCUT2D eigenvalue weighted by Gasteiger charge is 2.32. The van der Waals surface area contributed by atoms with E-state index in [0.29, 0.717) is 43.3 Å². The number of aromatic nitrogens is 6. The Morgan fingerprint density at radius 3 is 2.46 bits per heavy atom. The molecule has 254 valence electrons. The van der Waals surface area contributed by atoms with E-state index in [9.17, 15) is 32.3 Å². The third-order valence-corrected chi connectivity index (χ3v) is 8.59. The summed E-state index contributed by atoms with van der Waals surface area (Å²) in [6.07, 6.45) is -0.461. The number of hydrogen-bond donors (Lipinski definition) is 2. The number of alkyl halides is 3. The van der Waals surface area contributed by atoms with Gasteiger partial charge in [-0.25, -0.2) is 0 Å². The number of aromatic amines is 1. The number of aryl methyl sites for hydroxylation is 2. The molecule has 0 atom stereocenters. The fraction of sp³-hybridized carbons (Fsp3) is 0.419. The predicted octanol–water partition coefficient (Wildman–Crippen LogP) is 2.21. The first-order valence-electron chi connectivity index (χ1n) is 15.4. The minimum absolute atomic E-state index is 0.0239. The van der Waals surface area contributed by atoms with Crippen LogP contribution in [0.5, 0.6) is 0 Å². The molecular weight excluding hydrogens is 635 g/mol. The van der Waals surface area contributed by atoms with Crippen molar-refractivity contribution in [3.63, 3.8) is 0 Å². The number of amides is 2. The minimum Gasteiger partial charge on any atom is -0.377 e. The summed E-state index contributed by atoms with van der Waals surface area (Å²) < 4.78 is 49.0. The molecule has 48 heavy (non-hydrogen) atoms. The van der Waals surface area contributed by atoms with Crippen LogP contribution in [0.25, 0.3) is 11.4 Å². The van der Waals surface area contributed by atoms with Gasteiger partial charge >= 0.3 is 6.18 Å². The second-order valence-corrected chi connectivity index (χ2v) is 11.6. The van der Waals surface area contributed by atoms with E-state index in [1.54, 1.807) is 9.47 Å². The molecule has 0 saturated carbocycles. The molecule has 1 fully saturated rings. The number of carbonyl (C=O) groups excluding carboxylic acids is 2. The first-order chi connectivity index (χ1) is 22.9. The standard InChI is InChI=1S/C31H34F3N9O5/c1-4-23-25(40-9-11-41(12-10-40)28(46)21-16-35-39(3)27(21)45)29(47)43-30(37-26(38-43)19-7-13-48-14-8-19)42(23)17-24(44)36-22-6-5-20(15-18(22)2)31(32,33)34/h5-7,15-16,35H,4,8-14,17H2,1-3H3,(H,36,44). The van der Waals surface area contributed by atoms with Crippen LogP contribution in [-0.2, 0) is 35.7 Å². The van der Waals surface area contributed by atoms with Crippen LogP contribution in [-0.4, -0.2) is 85.1 Å². The highest BCUT2D eigenvalue weighted by Crippen LogP contribution is 2.32. The van der Waals surface area contributed by atoms with Crippen LogP contribution in [0.4, 0.5) is 24.5 Å². The molecule has 0 aliphatic carbocycles. The molecule has 0 spiro atoms. The molecule has 2 N–H and O–H groups in total. The van der Waals surface area contributed by atoms with Crippen molar-refractivity contribution in [1.29, 1.82) is 0 Å². The molecule has 3 aromatic heterocycles. The Hall–Kier alpha value is -5.19. The number of benzene rings is 1. The fourth-order valence-corrected chi connectivity index (χ4v) is 6.03. The molecule has 17 heteroatoms.